The van der Waals surface area contributed by atoms with Crippen molar-refractivity contribution in [3.8, 4) is 0 Å². The van der Waals surface area contributed by atoms with E-state index in [-0.39, 0.29) is 11.6 Å². The molecule has 1 aliphatic rings. The van der Waals surface area contributed by atoms with E-state index in [0.717, 1.165) is 0 Å². The summed E-state index contributed by atoms with van der Waals surface area (Å²) < 4.78 is 37.0. The largest absolute Gasteiger partial charge is 0.401 e. The first-order valence-electron chi connectivity index (χ1n) is 6.88. The van der Waals surface area contributed by atoms with Crippen LogP contribution in [0.25, 0.3) is 0 Å². The SMILES string of the molecule is Cc1cc([N+](=O)[O-])cnc1NCC1CCN(CC(F)(F)F)C1. The fraction of sp³-hybridized carbons (Fsp3) is 0.615. The summed E-state index contributed by atoms with van der Waals surface area (Å²) >= 11 is 0. The second-order valence-corrected chi connectivity index (χ2v) is 5.50. The number of hydrogen-bond donors (Lipinski definition) is 1. The molecule has 0 aliphatic carbocycles. The molecular weight excluding hydrogens is 301 g/mol. The third kappa shape index (κ3) is 4.55. The number of nitro groups is 1. The number of likely N-dealkylation sites (tertiary alicyclic amines) is 1. The third-order valence-corrected chi connectivity index (χ3v) is 3.61. The van der Waals surface area contributed by atoms with Crippen molar-refractivity contribution in [2.75, 3.05) is 31.5 Å². The lowest BCUT2D eigenvalue weighted by Gasteiger charge is -2.18. The van der Waals surface area contributed by atoms with Crippen LogP contribution >= 0.6 is 0 Å². The lowest BCUT2D eigenvalue weighted by molar-refractivity contribution is -0.385. The summed E-state index contributed by atoms with van der Waals surface area (Å²) in [6, 6.07) is 1.42. The lowest BCUT2D eigenvalue weighted by atomic mass is 10.1. The molecular formula is C13H17F3N4O2. The average Bonchev–Trinajstić information content (AvgIpc) is 2.82. The topological polar surface area (TPSA) is 71.3 Å². The van der Waals surface area contributed by atoms with Gasteiger partial charge < -0.3 is 5.32 Å². The van der Waals surface area contributed by atoms with E-state index >= 15 is 0 Å². The molecule has 9 heteroatoms. The smallest absolute Gasteiger partial charge is 0.370 e. The number of anilines is 1. The van der Waals surface area contributed by atoms with Gasteiger partial charge in [0.05, 0.1) is 11.5 Å². The summed E-state index contributed by atoms with van der Waals surface area (Å²) in [4.78, 5) is 15.5. The predicted molar refractivity (Wildman–Crippen MR) is 74.7 cm³/mol. The molecule has 0 bridgehead atoms. The monoisotopic (exact) mass is 318 g/mol. The Hall–Kier alpha value is -1.90. The molecule has 2 heterocycles. The summed E-state index contributed by atoms with van der Waals surface area (Å²) in [6.07, 6.45) is -2.31. The maximum absolute atomic E-state index is 12.3. The number of alkyl halides is 3. The zero-order valence-electron chi connectivity index (χ0n) is 12.1. The van der Waals surface area contributed by atoms with E-state index in [4.69, 9.17) is 0 Å². The van der Waals surface area contributed by atoms with Gasteiger partial charge in [-0.2, -0.15) is 13.2 Å². The van der Waals surface area contributed by atoms with E-state index in [1.807, 2.05) is 0 Å². The molecule has 1 aromatic rings. The van der Waals surface area contributed by atoms with Gasteiger partial charge in [-0.1, -0.05) is 0 Å². The molecule has 1 saturated heterocycles. The second-order valence-electron chi connectivity index (χ2n) is 5.50. The highest BCUT2D eigenvalue weighted by Gasteiger charge is 2.34. The Labute approximate surface area is 125 Å². The summed E-state index contributed by atoms with van der Waals surface area (Å²) in [5.74, 6) is 0.638. The summed E-state index contributed by atoms with van der Waals surface area (Å²) in [5, 5.41) is 13.7. The molecule has 2 rings (SSSR count). The van der Waals surface area contributed by atoms with E-state index in [1.165, 1.54) is 17.2 Å². The molecule has 1 unspecified atom stereocenters. The fourth-order valence-corrected chi connectivity index (χ4v) is 2.56. The Morgan fingerprint density at radius 1 is 1.55 bits per heavy atom. The average molecular weight is 318 g/mol. The van der Waals surface area contributed by atoms with Crippen LogP contribution in [0.1, 0.15) is 12.0 Å². The van der Waals surface area contributed by atoms with Gasteiger partial charge in [-0.15, -0.1) is 0 Å². The van der Waals surface area contributed by atoms with Gasteiger partial charge in [-0.25, -0.2) is 4.98 Å². The van der Waals surface area contributed by atoms with Gasteiger partial charge in [0.2, 0.25) is 0 Å². The Morgan fingerprint density at radius 3 is 2.86 bits per heavy atom. The number of pyridine rings is 1. The van der Waals surface area contributed by atoms with Crippen LogP contribution in [0.4, 0.5) is 24.7 Å². The molecule has 6 nitrogen and oxygen atoms in total. The van der Waals surface area contributed by atoms with E-state index in [2.05, 4.69) is 10.3 Å². The third-order valence-electron chi connectivity index (χ3n) is 3.61. The van der Waals surface area contributed by atoms with Gasteiger partial charge in [0.1, 0.15) is 12.0 Å². The fourth-order valence-electron chi connectivity index (χ4n) is 2.56. The second kappa shape index (κ2) is 6.47. The van der Waals surface area contributed by atoms with Crippen molar-refractivity contribution in [2.45, 2.75) is 19.5 Å². The summed E-state index contributed by atoms with van der Waals surface area (Å²) in [5.41, 5.74) is 0.555. The number of nitrogens with zero attached hydrogens (tertiary/aromatic N) is 3. The highest BCUT2D eigenvalue weighted by molar-refractivity contribution is 5.48. The molecule has 122 valence electrons. The summed E-state index contributed by atoms with van der Waals surface area (Å²) in [6.45, 7) is 2.14. The van der Waals surface area contributed by atoms with Gasteiger partial charge >= 0.3 is 6.18 Å². The minimum atomic E-state index is -4.17. The van der Waals surface area contributed by atoms with Gasteiger partial charge in [0.15, 0.2) is 0 Å². The highest BCUT2D eigenvalue weighted by Crippen LogP contribution is 2.24. The quantitative estimate of drug-likeness (QED) is 0.667. The van der Waals surface area contributed by atoms with Crippen molar-refractivity contribution < 1.29 is 18.1 Å². The molecule has 22 heavy (non-hydrogen) atoms. The summed E-state index contributed by atoms with van der Waals surface area (Å²) in [7, 11) is 0. The van der Waals surface area contributed by atoms with Crippen molar-refractivity contribution in [1.29, 1.82) is 0 Å². The van der Waals surface area contributed by atoms with Crippen molar-refractivity contribution in [1.82, 2.24) is 9.88 Å². The Bertz CT molecular complexity index is 551. The Morgan fingerprint density at radius 2 is 2.27 bits per heavy atom. The molecule has 1 fully saturated rings. The Balaban J connectivity index is 1.85. The molecule has 1 atom stereocenters. The molecule has 0 radical (unpaired) electrons. The number of aromatic nitrogens is 1. The van der Waals surface area contributed by atoms with Crippen molar-refractivity contribution >= 4 is 11.5 Å². The van der Waals surface area contributed by atoms with Gasteiger partial charge in [-0.05, 0) is 31.4 Å². The first-order valence-corrected chi connectivity index (χ1v) is 6.88. The first kappa shape index (κ1) is 16.5. The molecule has 0 spiro atoms. The van der Waals surface area contributed by atoms with E-state index in [9.17, 15) is 23.3 Å². The van der Waals surface area contributed by atoms with Gasteiger partial charge in [0, 0.05) is 19.2 Å². The van der Waals surface area contributed by atoms with Crippen LogP contribution < -0.4 is 5.32 Å². The molecule has 1 aromatic heterocycles. The van der Waals surface area contributed by atoms with Gasteiger partial charge in [0.25, 0.3) is 5.69 Å². The maximum atomic E-state index is 12.3. The zero-order valence-corrected chi connectivity index (χ0v) is 12.1. The minimum absolute atomic E-state index is 0.0831. The van der Waals surface area contributed by atoms with Crippen LogP contribution in [-0.4, -0.2) is 47.2 Å². The van der Waals surface area contributed by atoms with Crippen LogP contribution in [0.5, 0.6) is 0 Å². The van der Waals surface area contributed by atoms with Gasteiger partial charge in [-0.3, -0.25) is 15.0 Å². The van der Waals surface area contributed by atoms with E-state index in [0.29, 0.717) is 37.4 Å². The first-order chi connectivity index (χ1) is 10.2. The number of hydrogen-bond acceptors (Lipinski definition) is 5. The molecule has 1 N–H and O–H groups in total. The van der Waals surface area contributed by atoms with E-state index < -0.39 is 17.6 Å². The van der Waals surface area contributed by atoms with Crippen LogP contribution in [0, 0.1) is 23.0 Å². The van der Waals surface area contributed by atoms with Crippen LogP contribution in [0.2, 0.25) is 0 Å². The minimum Gasteiger partial charge on any atom is -0.370 e. The Kier molecular flexibility index (Phi) is 4.84. The molecule has 0 aromatic carbocycles. The number of rotatable bonds is 5. The highest BCUT2D eigenvalue weighted by atomic mass is 19.4. The van der Waals surface area contributed by atoms with E-state index in [1.54, 1.807) is 6.92 Å². The zero-order chi connectivity index (χ0) is 16.3. The molecule has 1 aliphatic heterocycles. The molecule has 0 saturated carbocycles. The molecule has 0 amide bonds. The van der Waals surface area contributed by atoms with Crippen LogP contribution in [0.3, 0.4) is 0 Å². The predicted octanol–water partition coefficient (Wildman–Crippen LogP) is 2.59. The van der Waals surface area contributed by atoms with Crippen LogP contribution in [-0.2, 0) is 0 Å². The number of aryl methyl sites for hydroxylation is 1. The van der Waals surface area contributed by atoms with Crippen molar-refractivity contribution in [3.63, 3.8) is 0 Å². The standard InChI is InChI=1S/C13H17F3N4O2/c1-9-4-11(20(21)22)6-18-12(9)17-5-10-2-3-19(7-10)8-13(14,15)16/h4,6,10H,2-3,5,7-8H2,1H3,(H,17,18). The van der Waals surface area contributed by atoms with Crippen molar-refractivity contribution in [3.05, 3.63) is 27.9 Å². The number of halogens is 3. The maximum Gasteiger partial charge on any atom is 0.401 e. The van der Waals surface area contributed by atoms with Crippen molar-refractivity contribution in [2.24, 2.45) is 5.92 Å². The normalized spacial score (nSPS) is 19.4. The lowest BCUT2D eigenvalue weighted by Crippen LogP contribution is -2.33. The number of nitrogens with one attached hydrogen (secondary N) is 1. The van der Waals surface area contributed by atoms with Crippen LogP contribution in [0.15, 0.2) is 12.3 Å².